The average molecular weight is 469 g/mol. The Bertz CT molecular complexity index is 769. The molecular formula is C16H21BrClF2N3O2Si. The highest BCUT2D eigenvalue weighted by atomic mass is 79.9. The van der Waals surface area contributed by atoms with Gasteiger partial charge < -0.3 is 15.2 Å². The summed E-state index contributed by atoms with van der Waals surface area (Å²) in [5.74, 6) is -0.0799. The van der Waals surface area contributed by atoms with Gasteiger partial charge in [0.2, 0.25) is 0 Å². The molecule has 26 heavy (non-hydrogen) atoms. The quantitative estimate of drug-likeness (QED) is 0.413. The summed E-state index contributed by atoms with van der Waals surface area (Å²) >= 11 is 9.30. The van der Waals surface area contributed by atoms with Crippen LogP contribution >= 0.6 is 27.5 Å². The summed E-state index contributed by atoms with van der Waals surface area (Å²) in [6.45, 7) is 4.54. The molecule has 1 aromatic heterocycles. The lowest BCUT2D eigenvalue weighted by Crippen LogP contribution is -2.22. The molecule has 0 radical (unpaired) electrons. The second-order valence-electron chi connectivity index (χ2n) is 6.94. The molecule has 10 heteroatoms. The van der Waals surface area contributed by atoms with Crippen molar-refractivity contribution in [3.05, 3.63) is 27.8 Å². The van der Waals surface area contributed by atoms with Crippen LogP contribution in [0.5, 0.6) is 5.75 Å². The van der Waals surface area contributed by atoms with Crippen molar-refractivity contribution in [2.45, 2.75) is 39.0 Å². The zero-order valence-corrected chi connectivity index (χ0v) is 18.1. The smallest absolute Gasteiger partial charge is 0.387 e. The van der Waals surface area contributed by atoms with Gasteiger partial charge in [0.05, 0.1) is 22.6 Å². The predicted molar refractivity (Wildman–Crippen MR) is 106 cm³/mol. The molecule has 2 rings (SSSR count). The molecular weight excluding hydrogens is 448 g/mol. The van der Waals surface area contributed by atoms with E-state index < -0.39 is 14.7 Å². The standard InChI is InChI=1S/C16H21BrClF2N3O2Si/c1-26(2,3)5-4-24-9-23-15(13(21)8-22-23)10-6-11(17)12(18)7-14(10)25-16(19)20/h6-8,16H,4-5,9,21H2,1-3H3. The van der Waals surface area contributed by atoms with Crippen molar-refractivity contribution in [3.8, 4) is 17.0 Å². The van der Waals surface area contributed by atoms with Crippen molar-refractivity contribution in [1.82, 2.24) is 9.78 Å². The molecule has 0 amide bonds. The van der Waals surface area contributed by atoms with Crippen LogP contribution in [0.3, 0.4) is 0 Å². The van der Waals surface area contributed by atoms with Gasteiger partial charge in [0, 0.05) is 30.8 Å². The van der Waals surface area contributed by atoms with Crippen molar-refractivity contribution in [2.75, 3.05) is 12.3 Å². The van der Waals surface area contributed by atoms with Gasteiger partial charge in [-0.3, -0.25) is 0 Å². The first-order chi connectivity index (χ1) is 12.1. The molecule has 0 aliphatic heterocycles. The minimum atomic E-state index is -2.99. The molecule has 0 saturated heterocycles. The lowest BCUT2D eigenvalue weighted by molar-refractivity contribution is -0.0494. The molecule has 1 aromatic carbocycles. The van der Waals surface area contributed by atoms with Gasteiger partial charge in [-0.15, -0.1) is 0 Å². The Kier molecular flexibility index (Phi) is 7.06. The third-order valence-corrected chi connectivity index (χ3v) is 6.47. The van der Waals surface area contributed by atoms with E-state index in [1.807, 2.05) is 0 Å². The normalized spacial score (nSPS) is 12.0. The van der Waals surface area contributed by atoms with Crippen LogP contribution < -0.4 is 10.5 Å². The van der Waals surface area contributed by atoms with Crippen molar-refractivity contribution < 1.29 is 18.3 Å². The van der Waals surface area contributed by atoms with E-state index in [1.54, 1.807) is 6.07 Å². The molecule has 0 aliphatic rings. The second kappa shape index (κ2) is 8.68. The fraction of sp³-hybridized carbons (Fsp3) is 0.438. The van der Waals surface area contributed by atoms with E-state index in [4.69, 9.17) is 22.1 Å². The zero-order valence-electron chi connectivity index (χ0n) is 14.7. The van der Waals surface area contributed by atoms with Crippen LogP contribution in [0.25, 0.3) is 11.3 Å². The molecule has 2 N–H and O–H groups in total. The summed E-state index contributed by atoms with van der Waals surface area (Å²) in [7, 11) is -1.21. The van der Waals surface area contributed by atoms with E-state index in [-0.39, 0.29) is 17.5 Å². The van der Waals surface area contributed by atoms with Gasteiger partial charge in [-0.2, -0.15) is 13.9 Å². The molecule has 5 nitrogen and oxygen atoms in total. The number of anilines is 1. The summed E-state index contributed by atoms with van der Waals surface area (Å²) < 4.78 is 37.9. The molecule has 0 unspecified atom stereocenters. The molecule has 0 spiro atoms. The number of halogens is 4. The number of nitrogens with zero attached hydrogens (tertiary/aromatic N) is 2. The van der Waals surface area contributed by atoms with Crippen molar-refractivity contribution in [2.24, 2.45) is 0 Å². The van der Waals surface area contributed by atoms with Crippen molar-refractivity contribution in [1.29, 1.82) is 0 Å². The van der Waals surface area contributed by atoms with Crippen LogP contribution in [0.4, 0.5) is 14.5 Å². The highest BCUT2D eigenvalue weighted by molar-refractivity contribution is 9.10. The molecule has 1 heterocycles. The molecule has 0 fully saturated rings. The van der Waals surface area contributed by atoms with E-state index in [2.05, 4.69) is 45.4 Å². The number of rotatable bonds is 8. The number of nitrogen functional groups attached to an aromatic ring is 1. The Morgan fingerprint density at radius 2 is 2.04 bits per heavy atom. The first kappa shape index (κ1) is 21.1. The predicted octanol–water partition coefficient (Wildman–Crippen LogP) is 5.46. The molecule has 0 aliphatic carbocycles. The van der Waals surface area contributed by atoms with E-state index >= 15 is 0 Å². The van der Waals surface area contributed by atoms with Gasteiger partial charge in [0.1, 0.15) is 12.5 Å². The maximum atomic E-state index is 12.8. The SMILES string of the molecule is C[Si](C)(C)CCOCn1ncc(N)c1-c1cc(Br)c(Cl)cc1OC(F)F. The van der Waals surface area contributed by atoms with Crippen LogP contribution in [0, 0.1) is 0 Å². The van der Waals surface area contributed by atoms with E-state index in [0.717, 1.165) is 6.04 Å². The highest BCUT2D eigenvalue weighted by Gasteiger charge is 2.20. The van der Waals surface area contributed by atoms with Crippen LogP contribution in [0.2, 0.25) is 30.7 Å². The van der Waals surface area contributed by atoms with E-state index in [1.165, 1.54) is 16.9 Å². The van der Waals surface area contributed by atoms with Crippen LogP contribution in [-0.4, -0.2) is 31.1 Å². The fourth-order valence-corrected chi connectivity index (χ4v) is 3.48. The van der Waals surface area contributed by atoms with E-state index in [9.17, 15) is 8.78 Å². The highest BCUT2D eigenvalue weighted by Crippen LogP contribution is 2.40. The number of nitrogens with two attached hydrogens (primary N) is 1. The Morgan fingerprint density at radius 3 is 2.65 bits per heavy atom. The monoisotopic (exact) mass is 467 g/mol. The molecule has 144 valence electrons. The number of benzene rings is 1. The fourth-order valence-electron chi connectivity index (χ4n) is 2.23. The Balaban J connectivity index is 2.31. The van der Waals surface area contributed by atoms with E-state index in [0.29, 0.717) is 28.0 Å². The summed E-state index contributed by atoms with van der Waals surface area (Å²) in [6.07, 6.45) is 1.45. The lowest BCUT2D eigenvalue weighted by Gasteiger charge is -2.17. The van der Waals surface area contributed by atoms with Crippen molar-refractivity contribution in [3.63, 3.8) is 0 Å². The Morgan fingerprint density at radius 1 is 1.35 bits per heavy atom. The summed E-state index contributed by atoms with van der Waals surface area (Å²) in [5, 5.41) is 4.44. The maximum Gasteiger partial charge on any atom is 0.387 e. The van der Waals surface area contributed by atoms with Crippen LogP contribution in [-0.2, 0) is 11.5 Å². The topological polar surface area (TPSA) is 62.3 Å². The molecule has 0 saturated carbocycles. The van der Waals surface area contributed by atoms with Crippen LogP contribution in [0.1, 0.15) is 0 Å². The van der Waals surface area contributed by atoms with Gasteiger partial charge in [0.15, 0.2) is 0 Å². The minimum absolute atomic E-state index is 0.0799. The number of hydrogen-bond donors (Lipinski definition) is 1. The third kappa shape index (κ3) is 5.67. The minimum Gasteiger partial charge on any atom is -0.434 e. The molecule has 2 aromatic rings. The van der Waals surface area contributed by atoms with Gasteiger partial charge in [-0.05, 0) is 28.0 Å². The zero-order chi connectivity index (χ0) is 19.5. The van der Waals surface area contributed by atoms with Crippen molar-refractivity contribution >= 4 is 41.3 Å². The number of hydrogen-bond acceptors (Lipinski definition) is 4. The summed E-state index contributed by atoms with van der Waals surface area (Å²) in [4.78, 5) is 0. The maximum absolute atomic E-state index is 12.8. The third-order valence-electron chi connectivity index (χ3n) is 3.57. The number of alkyl halides is 2. The largest absolute Gasteiger partial charge is 0.434 e. The second-order valence-corrected chi connectivity index (χ2v) is 13.8. The average Bonchev–Trinajstić information content (AvgIpc) is 2.87. The first-order valence-electron chi connectivity index (χ1n) is 7.92. The Hall–Kier alpha value is -1.16. The number of ether oxygens (including phenoxy) is 2. The summed E-state index contributed by atoms with van der Waals surface area (Å²) in [6, 6.07) is 3.90. The molecule has 0 bridgehead atoms. The van der Waals surface area contributed by atoms with Gasteiger partial charge in [0.25, 0.3) is 0 Å². The van der Waals surface area contributed by atoms with Gasteiger partial charge in [-0.25, -0.2) is 4.68 Å². The summed E-state index contributed by atoms with van der Waals surface area (Å²) in [5.41, 5.74) is 7.13. The van der Waals surface area contributed by atoms with Gasteiger partial charge in [-0.1, -0.05) is 31.2 Å². The lowest BCUT2D eigenvalue weighted by atomic mass is 10.1. The number of aromatic nitrogens is 2. The van der Waals surface area contributed by atoms with Gasteiger partial charge >= 0.3 is 6.61 Å². The Labute approximate surface area is 165 Å². The molecule has 0 atom stereocenters. The van der Waals surface area contributed by atoms with Crippen LogP contribution in [0.15, 0.2) is 22.8 Å². The first-order valence-corrected chi connectivity index (χ1v) is 12.8.